The number of ether oxygens (including phenoxy) is 2. The van der Waals surface area contributed by atoms with Gasteiger partial charge in [0.2, 0.25) is 0 Å². The number of carbonyl (C=O) groups is 4. The van der Waals surface area contributed by atoms with Crippen LogP contribution >= 0.6 is 0 Å². The molecule has 10 nitrogen and oxygen atoms in total. The molecule has 0 bridgehead atoms. The fourth-order valence-corrected chi connectivity index (χ4v) is 3.47. The molecule has 1 heterocycles. The zero-order chi connectivity index (χ0) is 23.4. The molecule has 0 aromatic heterocycles. The number of fused-ring (bicyclic) bond motifs is 1. The molecule has 0 unspecified atom stereocenters. The Labute approximate surface area is 182 Å². The van der Waals surface area contributed by atoms with Crippen LogP contribution in [0.2, 0.25) is 0 Å². The predicted octanol–water partition coefficient (Wildman–Crippen LogP) is 2.60. The van der Waals surface area contributed by atoms with Gasteiger partial charge in [0.25, 0.3) is 17.5 Å². The van der Waals surface area contributed by atoms with Gasteiger partial charge >= 0.3 is 11.9 Å². The van der Waals surface area contributed by atoms with Crippen LogP contribution < -0.4 is 0 Å². The van der Waals surface area contributed by atoms with E-state index in [0.717, 1.165) is 11.0 Å². The Bertz CT molecular complexity index is 1060. The summed E-state index contributed by atoms with van der Waals surface area (Å²) >= 11 is 0. The summed E-state index contributed by atoms with van der Waals surface area (Å²) in [5.41, 5.74) is 0.119. The Hall–Kier alpha value is -4.08. The van der Waals surface area contributed by atoms with Crippen LogP contribution in [0.1, 0.15) is 51.6 Å². The lowest BCUT2D eigenvalue weighted by Crippen LogP contribution is -2.30. The molecule has 0 fully saturated rings. The standard InChI is InChI=1S/C22H20N2O8/c1-3-31-21(27)18(22(28)32-4-2)16-11-13(9-10-17(16)24(29)30)12-23-19(25)14-7-5-6-8-15(14)20(23)26/h5-11,18H,3-4,12H2,1-2H3. The minimum Gasteiger partial charge on any atom is -0.465 e. The smallest absolute Gasteiger partial charge is 0.325 e. The maximum absolute atomic E-state index is 12.6. The zero-order valence-electron chi connectivity index (χ0n) is 17.4. The second-order valence-corrected chi connectivity index (χ2v) is 6.83. The highest BCUT2D eigenvalue weighted by Gasteiger charge is 2.38. The SMILES string of the molecule is CCOC(=O)C(C(=O)OCC)c1cc(CN2C(=O)c3ccccc3C2=O)ccc1[N+](=O)[O-]. The van der Waals surface area contributed by atoms with Crippen LogP contribution in [0.25, 0.3) is 0 Å². The molecule has 0 atom stereocenters. The van der Waals surface area contributed by atoms with Crippen molar-refractivity contribution in [3.8, 4) is 0 Å². The van der Waals surface area contributed by atoms with E-state index in [0.29, 0.717) is 5.56 Å². The topological polar surface area (TPSA) is 133 Å². The molecule has 2 aromatic rings. The molecule has 1 aliphatic heterocycles. The van der Waals surface area contributed by atoms with Crippen LogP contribution in [-0.2, 0) is 25.6 Å². The molecule has 0 saturated carbocycles. The van der Waals surface area contributed by atoms with E-state index in [-0.39, 0.29) is 36.4 Å². The van der Waals surface area contributed by atoms with Crippen molar-refractivity contribution in [3.63, 3.8) is 0 Å². The van der Waals surface area contributed by atoms with E-state index < -0.39 is 40.3 Å². The van der Waals surface area contributed by atoms with Gasteiger partial charge in [-0.05, 0) is 37.6 Å². The van der Waals surface area contributed by atoms with Crippen LogP contribution in [0.4, 0.5) is 5.69 Å². The quantitative estimate of drug-likeness (QED) is 0.201. The Balaban J connectivity index is 2.01. The van der Waals surface area contributed by atoms with Gasteiger partial charge in [0, 0.05) is 6.07 Å². The van der Waals surface area contributed by atoms with E-state index in [4.69, 9.17) is 9.47 Å². The third-order valence-electron chi connectivity index (χ3n) is 4.86. The third kappa shape index (κ3) is 4.20. The van der Waals surface area contributed by atoms with Gasteiger partial charge in [-0.2, -0.15) is 0 Å². The maximum atomic E-state index is 12.6. The van der Waals surface area contributed by atoms with Crippen molar-refractivity contribution in [3.05, 3.63) is 74.8 Å². The monoisotopic (exact) mass is 440 g/mol. The first-order valence-corrected chi connectivity index (χ1v) is 9.85. The third-order valence-corrected chi connectivity index (χ3v) is 4.86. The Morgan fingerprint density at radius 1 is 0.969 bits per heavy atom. The van der Waals surface area contributed by atoms with Gasteiger partial charge in [0.1, 0.15) is 0 Å². The number of hydrogen-bond donors (Lipinski definition) is 0. The molecule has 32 heavy (non-hydrogen) atoms. The molecule has 166 valence electrons. The summed E-state index contributed by atoms with van der Waals surface area (Å²) in [5.74, 6) is -4.67. The van der Waals surface area contributed by atoms with E-state index in [1.54, 1.807) is 12.1 Å². The first-order chi connectivity index (χ1) is 15.3. The lowest BCUT2D eigenvalue weighted by atomic mass is 9.95. The molecule has 0 saturated heterocycles. The Morgan fingerprint density at radius 3 is 1.97 bits per heavy atom. The van der Waals surface area contributed by atoms with Crippen molar-refractivity contribution < 1.29 is 33.6 Å². The molecule has 3 rings (SSSR count). The molecule has 0 spiro atoms. The second-order valence-electron chi connectivity index (χ2n) is 6.83. The van der Waals surface area contributed by atoms with Crippen molar-refractivity contribution >= 4 is 29.4 Å². The van der Waals surface area contributed by atoms with Crippen LogP contribution in [0, 0.1) is 10.1 Å². The zero-order valence-corrected chi connectivity index (χ0v) is 17.4. The fraction of sp³-hybridized carbons (Fsp3) is 0.273. The lowest BCUT2D eigenvalue weighted by Gasteiger charge is -2.18. The Kier molecular flexibility index (Phi) is 6.62. The van der Waals surface area contributed by atoms with E-state index in [1.165, 1.54) is 38.1 Å². The van der Waals surface area contributed by atoms with Crippen molar-refractivity contribution in [2.75, 3.05) is 13.2 Å². The van der Waals surface area contributed by atoms with E-state index in [9.17, 15) is 29.3 Å². The predicted molar refractivity (Wildman–Crippen MR) is 110 cm³/mol. The largest absolute Gasteiger partial charge is 0.465 e. The summed E-state index contributed by atoms with van der Waals surface area (Å²) in [5, 5.41) is 11.6. The number of carbonyl (C=O) groups excluding carboxylic acids is 4. The first kappa shape index (κ1) is 22.6. The van der Waals surface area contributed by atoms with E-state index in [2.05, 4.69) is 0 Å². The highest BCUT2D eigenvalue weighted by molar-refractivity contribution is 6.21. The van der Waals surface area contributed by atoms with Crippen molar-refractivity contribution in [1.82, 2.24) is 4.90 Å². The molecule has 0 radical (unpaired) electrons. The number of imide groups is 1. The number of nitro groups is 1. The lowest BCUT2D eigenvalue weighted by molar-refractivity contribution is -0.385. The number of esters is 2. The number of benzene rings is 2. The highest BCUT2D eigenvalue weighted by Crippen LogP contribution is 2.32. The molecule has 2 amide bonds. The average molecular weight is 440 g/mol. The number of rotatable bonds is 8. The molecular weight excluding hydrogens is 420 g/mol. The fourth-order valence-electron chi connectivity index (χ4n) is 3.47. The van der Waals surface area contributed by atoms with Gasteiger partial charge in [0.05, 0.1) is 41.4 Å². The van der Waals surface area contributed by atoms with Gasteiger partial charge in [-0.1, -0.05) is 18.2 Å². The molecule has 0 N–H and O–H groups in total. The molecule has 1 aliphatic rings. The van der Waals surface area contributed by atoms with Crippen LogP contribution in [0.3, 0.4) is 0 Å². The number of nitrogens with zero attached hydrogens (tertiary/aromatic N) is 2. The van der Waals surface area contributed by atoms with E-state index in [1.807, 2.05) is 0 Å². The summed E-state index contributed by atoms with van der Waals surface area (Å²) in [6, 6.07) is 10.1. The van der Waals surface area contributed by atoms with E-state index >= 15 is 0 Å². The maximum Gasteiger partial charge on any atom is 0.325 e. The van der Waals surface area contributed by atoms with Gasteiger partial charge in [-0.3, -0.25) is 34.2 Å². The minimum absolute atomic E-state index is 0.0444. The molecule has 2 aromatic carbocycles. The molecular formula is C22H20N2O8. The van der Waals surface area contributed by atoms with Gasteiger partial charge in [-0.25, -0.2) is 0 Å². The van der Waals surface area contributed by atoms with Crippen LogP contribution in [0.15, 0.2) is 42.5 Å². The number of nitro benzene ring substituents is 1. The second kappa shape index (κ2) is 9.38. The van der Waals surface area contributed by atoms with Crippen molar-refractivity contribution in [1.29, 1.82) is 0 Å². The average Bonchev–Trinajstić information content (AvgIpc) is 2.99. The van der Waals surface area contributed by atoms with Gasteiger partial charge in [0.15, 0.2) is 5.92 Å². The number of hydrogen-bond acceptors (Lipinski definition) is 8. The summed E-state index contributed by atoms with van der Waals surface area (Å²) in [6.45, 7) is 2.78. The summed E-state index contributed by atoms with van der Waals surface area (Å²) in [6.07, 6.45) is 0. The van der Waals surface area contributed by atoms with Crippen LogP contribution in [0.5, 0.6) is 0 Å². The number of amides is 2. The minimum atomic E-state index is -1.68. The molecule has 10 heteroatoms. The summed E-state index contributed by atoms with van der Waals surface area (Å²) in [7, 11) is 0. The summed E-state index contributed by atoms with van der Waals surface area (Å²) < 4.78 is 9.86. The van der Waals surface area contributed by atoms with Gasteiger partial charge in [-0.15, -0.1) is 0 Å². The highest BCUT2D eigenvalue weighted by atomic mass is 16.6. The normalized spacial score (nSPS) is 12.7. The molecule has 0 aliphatic carbocycles. The van der Waals surface area contributed by atoms with Gasteiger partial charge < -0.3 is 9.47 Å². The van der Waals surface area contributed by atoms with Crippen molar-refractivity contribution in [2.45, 2.75) is 26.3 Å². The van der Waals surface area contributed by atoms with Crippen LogP contribution in [-0.4, -0.2) is 46.8 Å². The Morgan fingerprint density at radius 2 is 1.50 bits per heavy atom. The van der Waals surface area contributed by atoms with Crippen molar-refractivity contribution in [2.24, 2.45) is 0 Å². The first-order valence-electron chi connectivity index (χ1n) is 9.85. The summed E-state index contributed by atoms with van der Waals surface area (Å²) in [4.78, 5) is 62.1.